The van der Waals surface area contributed by atoms with Gasteiger partial charge in [-0.15, -0.1) is 0 Å². The minimum absolute atomic E-state index is 0.258. The number of H-pyrrole nitrogens is 1. The van der Waals surface area contributed by atoms with Crippen molar-refractivity contribution in [3.63, 3.8) is 0 Å². The summed E-state index contributed by atoms with van der Waals surface area (Å²) < 4.78 is 5.11. The van der Waals surface area contributed by atoms with Crippen molar-refractivity contribution >= 4 is 0 Å². The largest absolute Gasteiger partial charge is 0.385 e. The fourth-order valence-corrected chi connectivity index (χ4v) is 1.73. The fraction of sp³-hybridized carbons (Fsp3) is 0.818. The summed E-state index contributed by atoms with van der Waals surface area (Å²) in [6.07, 6.45) is 3.92. The molecule has 2 atom stereocenters. The third kappa shape index (κ3) is 3.90. The number of hydrogen-bond donors (Lipinski definition) is 2. The van der Waals surface area contributed by atoms with Crippen LogP contribution in [-0.4, -0.2) is 35.7 Å². The Morgan fingerprint density at radius 1 is 1.56 bits per heavy atom. The van der Waals surface area contributed by atoms with Crippen LogP contribution in [-0.2, 0) is 4.74 Å². The molecule has 1 aromatic heterocycles. The Kier molecular flexibility index (Phi) is 6.03. The van der Waals surface area contributed by atoms with Crippen molar-refractivity contribution in [2.75, 3.05) is 20.3 Å². The van der Waals surface area contributed by atoms with Gasteiger partial charge in [0, 0.05) is 13.7 Å². The van der Waals surface area contributed by atoms with E-state index in [1.54, 1.807) is 13.3 Å². The summed E-state index contributed by atoms with van der Waals surface area (Å²) in [5.41, 5.74) is 0.983. The van der Waals surface area contributed by atoms with Crippen LogP contribution in [0.5, 0.6) is 0 Å². The SMILES string of the molecule is CCCNC(c1cn[nH]n1)C(C)CCOC. The lowest BCUT2D eigenvalue weighted by molar-refractivity contribution is 0.169. The normalized spacial score (nSPS) is 14.9. The van der Waals surface area contributed by atoms with Gasteiger partial charge in [-0.2, -0.15) is 15.4 Å². The smallest absolute Gasteiger partial charge is 0.0996 e. The summed E-state index contributed by atoms with van der Waals surface area (Å²) in [7, 11) is 1.73. The van der Waals surface area contributed by atoms with Crippen LogP contribution in [0.3, 0.4) is 0 Å². The van der Waals surface area contributed by atoms with Gasteiger partial charge in [-0.3, -0.25) is 0 Å². The van der Waals surface area contributed by atoms with Gasteiger partial charge < -0.3 is 10.1 Å². The molecule has 0 bridgehead atoms. The number of nitrogens with one attached hydrogen (secondary N) is 2. The van der Waals surface area contributed by atoms with E-state index in [1.165, 1.54) is 0 Å². The molecule has 0 spiro atoms. The zero-order valence-electron chi connectivity index (χ0n) is 10.4. The predicted molar refractivity (Wildman–Crippen MR) is 63.1 cm³/mol. The molecule has 0 aliphatic rings. The predicted octanol–water partition coefficient (Wildman–Crippen LogP) is 1.52. The van der Waals surface area contributed by atoms with Crippen molar-refractivity contribution in [1.29, 1.82) is 0 Å². The minimum atomic E-state index is 0.258. The molecule has 0 radical (unpaired) electrons. The second-order valence-electron chi connectivity index (χ2n) is 4.09. The molecule has 0 aliphatic heterocycles. The van der Waals surface area contributed by atoms with Crippen molar-refractivity contribution in [3.8, 4) is 0 Å². The van der Waals surface area contributed by atoms with Gasteiger partial charge in [-0.1, -0.05) is 13.8 Å². The van der Waals surface area contributed by atoms with Crippen molar-refractivity contribution < 1.29 is 4.74 Å². The van der Waals surface area contributed by atoms with E-state index in [0.717, 1.165) is 31.7 Å². The molecule has 0 aliphatic carbocycles. The number of methoxy groups -OCH3 is 1. The highest BCUT2D eigenvalue weighted by molar-refractivity contribution is 5.01. The van der Waals surface area contributed by atoms with Crippen LogP contribution in [0.15, 0.2) is 6.20 Å². The van der Waals surface area contributed by atoms with Crippen LogP contribution in [0.1, 0.15) is 38.4 Å². The van der Waals surface area contributed by atoms with E-state index in [-0.39, 0.29) is 6.04 Å². The third-order valence-electron chi connectivity index (χ3n) is 2.71. The van der Waals surface area contributed by atoms with Crippen molar-refractivity contribution in [2.45, 2.75) is 32.7 Å². The van der Waals surface area contributed by atoms with Gasteiger partial charge in [0.15, 0.2) is 0 Å². The van der Waals surface area contributed by atoms with Crippen LogP contribution in [0.2, 0.25) is 0 Å². The Bertz CT molecular complexity index is 263. The molecule has 2 unspecified atom stereocenters. The molecule has 1 aromatic rings. The molecule has 0 amide bonds. The number of aromatic nitrogens is 3. The fourth-order valence-electron chi connectivity index (χ4n) is 1.73. The van der Waals surface area contributed by atoms with Gasteiger partial charge in [0.2, 0.25) is 0 Å². The zero-order chi connectivity index (χ0) is 11.8. The summed E-state index contributed by atoms with van der Waals surface area (Å²) in [4.78, 5) is 0. The highest BCUT2D eigenvalue weighted by atomic mass is 16.5. The standard InChI is InChI=1S/C11H22N4O/c1-4-6-12-11(9(2)5-7-16-3)10-8-13-15-14-10/h8-9,11-12H,4-7H2,1-3H3,(H,13,14,15). The average molecular weight is 226 g/mol. The minimum Gasteiger partial charge on any atom is -0.385 e. The molecule has 5 heteroatoms. The monoisotopic (exact) mass is 226 g/mol. The Morgan fingerprint density at radius 2 is 2.38 bits per heavy atom. The maximum Gasteiger partial charge on any atom is 0.0996 e. The molecule has 0 saturated heterocycles. The topological polar surface area (TPSA) is 62.8 Å². The maximum atomic E-state index is 5.11. The zero-order valence-corrected chi connectivity index (χ0v) is 10.4. The quantitative estimate of drug-likeness (QED) is 0.705. The van der Waals surface area contributed by atoms with E-state index in [0.29, 0.717) is 5.92 Å². The van der Waals surface area contributed by atoms with Crippen molar-refractivity contribution in [1.82, 2.24) is 20.7 Å². The lowest BCUT2D eigenvalue weighted by atomic mass is 9.96. The molecule has 0 saturated carbocycles. The van der Waals surface area contributed by atoms with Gasteiger partial charge >= 0.3 is 0 Å². The van der Waals surface area contributed by atoms with Gasteiger partial charge in [-0.05, 0) is 25.3 Å². The summed E-state index contributed by atoms with van der Waals surface area (Å²) in [5, 5.41) is 14.2. The highest BCUT2D eigenvalue weighted by Crippen LogP contribution is 2.22. The van der Waals surface area contributed by atoms with E-state index >= 15 is 0 Å². The van der Waals surface area contributed by atoms with Gasteiger partial charge in [0.1, 0.15) is 0 Å². The molecular formula is C11H22N4O. The molecular weight excluding hydrogens is 204 g/mol. The third-order valence-corrected chi connectivity index (χ3v) is 2.71. The number of nitrogens with zero attached hydrogens (tertiary/aromatic N) is 2. The second kappa shape index (κ2) is 7.35. The molecule has 5 nitrogen and oxygen atoms in total. The van der Waals surface area contributed by atoms with E-state index in [9.17, 15) is 0 Å². The van der Waals surface area contributed by atoms with Crippen molar-refractivity contribution in [3.05, 3.63) is 11.9 Å². The van der Waals surface area contributed by atoms with E-state index < -0.39 is 0 Å². The van der Waals surface area contributed by atoms with E-state index in [1.807, 2.05) is 0 Å². The van der Waals surface area contributed by atoms with Crippen LogP contribution >= 0.6 is 0 Å². The number of hydrogen-bond acceptors (Lipinski definition) is 4. The van der Waals surface area contributed by atoms with Crippen LogP contribution in [0.4, 0.5) is 0 Å². The molecule has 16 heavy (non-hydrogen) atoms. The van der Waals surface area contributed by atoms with Crippen LogP contribution in [0.25, 0.3) is 0 Å². The summed E-state index contributed by atoms with van der Waals surface area (Å²) >= 11 is 0. The molecule has 0 fully saturated rings. The second-order valence-corrected chi connectivity index (χ2v) is 4.09. The molecule has 2 N–H and O–H groups in total. The van der Waals surface area contributed by atoms with Crippen LogP contribution < -0.4 is 5.32 Å². The average Bonchev–Trinajstić information content (AvgIpc) is 2.80. The summed E-state index contributed by atoms with van der Waals surface area (Å²) in [6, 6.07) is 0.258. The number of ether oxygens (including phenoxy) is 1. The lowest BCUT2D eigenvalue weighted by Crippen LogP contribution is -2.28. The Hall–Kier alpha value is -0.940. The van der Waals surface area contributed by atoms with Crippen LogP contribution in [0, 0.1) is 5.92 Å². The van der Waals surface area contributed by atoms with Crippen molar-refractivity contribution in [2.24, 2.45) is 5.92 Å². The molecule has 0 aromatic carbocycles. The number of aromatic amines is 1. The molecule has 1 heterocycles. The maximum absolute atomic E-state index is 5.11. The van der Waals surface area contributed by atoms with E-state index in [4.69, 9.17) is 4.74 Å². The first kappa shape index (κ1) is 13.1. The number of rotatable bonds is 8. The highest BCUT2D eigenvalue weighted by Gasteiger charge is 2.20. The summed E-state index contributed by atoms with van der Waals surface area (Å²) in [5.74, 6) is 0.483. The first-order valence-corrected chi connectivity index (χ1v) is 5.87. The van der Waals surface area contributed by atoms with Gasteiger partial charge in [0.05, 0.1) is 17.9 Å². The lowest BCUT2D eigenvalue weighted by Gasteiger charge is -2.22. The Labute approximate surface area is 97.0 Å². The Morgan fingerprint density at radius 3 is 2.94 bits per heavy atom. The molecule has 92 valence electrons. The van der Waals surface area contributed by atoms with E-state index in [2.05, 4.69) is 34.6 Å². The molecule has 1 rings (SSSR count). The first-order chi connectivity index (χ1) is 7.79. The Balaban J connectivity index is 2.56. The first-order valence-electron chi connectivity index (χ1n) is 5.87. The van der Waals surface area contributed by atoms with Gasteiger partial charge in [0.25, 0.3) is 0 Å². The van der Waals surface area contributed by atoms with Gasteiger partial charge in [-0.25, -0.2) is 0 Å². The summed E-state index contributed by atoms with van der Waals surface area (Å²) in [6.45, 7) is 6.14.